The van der Waals surface area contributed by atoms with Gasteiger partial charge in [-0.05, 0) is 31.0 Å². The summed E-state index contributed by atoms with van der Waals surface area (Å²) in [6.45, 7) is 2.91. The SMILES string of the molecule is O=C(O)c1cn(C2CC2)c2cc(N3CCN(Cc4nc5ccc([N+](=O)[O-])cc5[nH]4)CC3)c(F)cc2c1=O. The molecule has 0 atom stereocenters. The lowest BCUT2D eigenvalue weighted by atomic mass is 10.1. The van der Waals surface area contributed by atoms with Crippen LogP contribution in [0.5, 0.6) is 0 Å². The number of hydrogen-bond acceptors (Lipinski definition) is 7. The monoisotopic (exact) mass is 506 g/mol. The van der Waals surface area contributed by atoms with E-state index in [1.165, 1.54) is 18.3 Å². The molecule has 1 aliphatic carbocycles. The number of fused-ring (bicyclic) bond motifs is 2. The first-order valence-electron chi connectivity index (χ1n) is 12.0. The number of aromatic amines is 1. The number of nitro benzene ring substituents is 1. The molecule has 1 saturated carbocycles. The molecule has 190 valence electrons. The molecular weight excluding hydrogens is 483 g/mol. The van der Waals surface area contributed by atoms with E-state index in [4.69, 9.17) is 0 Å². The van der Waals surface area contributed by atoms with Crippen molar-refractivity contribution in [3.05, 3.63) is 74.1 Å². The minimum atomic E-state index is -1.32. The van der Waals surface area contributed by atoms with Crippen LogP contribution in [0.4, 0.5) is 15.8 Å². The molecule has 0 radical (unpaired) electrons. The molecule has 2 aromatic carbocycles. The molecule has 2 aromatic heterocycles. The van der Waals surface area contributed by atoms with Crippen LogP contribution < -0.4 is 10.3 Å². The molecular formula is C25H23FN6O5. The van der Waals surface area contributed by atoms with Gasteiger partial charge in [-0.1, -0.05) is 0 Å². The molecule has 0 amide bonds. The average Bonchev–Trinajstić information content (AvgIpc) is 3.63. The predicted octanol–water partition coefficient (Wildman–Crippen LogP) is 3.28. The minimum absolute atomic E-state index is 0.0000150. The number of carboxylic acids is 1. The summed E-state index contributed by atoms with van der Waals surface area (Å²) in [7, 11) is 0. The first-order chi connectivity index (χ1) is 17.8. The Kier molecular flexibility index (Phi) is 5.41. The van der Waals surface area contributed by atoms with E-state index in [0.717, 1.165) is 18.9 Å². The molecule has 6 rings (SSSR count). The fourth-order valence-corrected chi connectivity index (χ4v) is 5.01. The molecule has 0 spiro atoms. The predicted molar refractivity (Wildman–Crippen MR) is 134 cm³/mol. The zero-order chi connectivity index (χ0) is 25.8. The van der Waals surface area contributed by atoms with Crippen molar-refractivity contribution < 1.29 is 19.2 Å². The highest BCUT2D eigenvalue weighted by molar-refractivity contribution is 5.93. The molecule has 0 bridgehead atoms. The highest BCUT2D eigenvalue weighted by Crippen LogP contribution is 2.38. The number of aromatic nitrogens is 3. The van der Waals surface area contributed by atoms with E-state index in [2.05, 4.69) is 14.9 Å². The van der Waals surface area contributed by atoms with E-state index in [-0.39, 0.29) is 22.7 Å². The van der Waals surface area contributed by atoms with Gasteiger partial charge in [-0.2, -0.15) is 0 Å². The van der Waals surface area contributed by atoms with Gasteiger partial charge < -0.3 is 19.6 Å². The molecule has 3 heterocycles. The number of imidazole rings is 1. The molecule has 1 aliphatic heterocycles. The van der Waals surface area contributed by atoms with E-state index in [1.54, 1.807) is 16.7 Å². The maximum Gasteiger partial charge on any atom is 0.341 e. The van der Waals surface area contributed by atoms with Gasteiger partial charge >= 0.3 is 5.97 Å². The number of non-ortho nitro benzene ring substituents is 1. The lowest BCUT2D eigenvalue weighted by Gasteiger charge is -2.36. The maximum absolute atomic E-state index is 15.2. The van der Waals surface area contributed by atoms with Crippen molar-refractivity contribution in [2.45, 2.75) is 25.4 Å². The topological polar surface area (TPSA) is 138 Å². The number of halogens is 1. The Bertz CT molecular complexity index is 1630. The van der Waals surface area contributed by atoms with E-state index >= 15 is 4.39 Å². The van der Waals surface area contributed by atoms with Gasteiger partial charge in [0.15, 0.2) is 0 Å². The standard InChI is InChI=1S/C25H23FN6O5/c26-18-10-16-21(31(14-1-2-14)12-17(24(16)33)25(34)35)11-22(18)30-7-5-29(6-8-30)13-23-27-19-4-3-15(32(36)37)9-20(19)28-23/h3-4,9-12,14H,1-2,5-8,13H2,(H,27,28)(H,34,35). The van der Waals surface area contributed by atoms with Crippen LogP contribution in [-0.4, -0.2) is 61.6 Å². The van der Waals surface area contributed by atoms with Gasteiger partial charge in [-0.3, -0.25) is 19.8 Å². The summed E-state index contributed by atoms with van der Waals surface area (Å²) >= 11 is 0. The number of pyridine rings is 1. The van der Waals surface area contributed by atoms with Crippen molar-refractivity contribution >= 4 is 39.3 Å². The molecule has 2 N–H and O–H groups in total. The second-order valence-electron chi connectivity index (χ2n) is 9.54. The fourth-order valence-electron chi connectivity index (χ4n) is 5.01. The summed E-state index contributed by atoms with van der Waals surface area (Å²) < 4.78 is 17.0. The number of H-pyrrole nitrogens is 1. The molecule has 1 saturated heterocycles. The minimum Gasteiger partial charge on any atom is -0.477 e. The quantitative estimate of drug-likeness (QED) is 0.300. The van der Waals surface area contributed by atoms with Crippen molar-refractivity contribution in [1.29, 1.82) is 0 Å². The molecule has 2 fully saturated rings. The van der Waals surface area contributed by atoms with Crippen LogP contribution in [0.15, 0.2) is 41.3 Å². The number of rotatable bonds is 6. The van der Waals surface area contributed by atoms with Crippen molar-refractivity contribution in [2.24, 2.45) is 0 Å². The first-order valence-corrected chi connectivity index (χ1v) is 12.0. The third-order valence-electron chi connectivity index (χ3n) is 7.08. The van der Waals surface area contributed by atoms with Gasteiger partial charge in [0.2, 0.25) is 5.43 Å². The lowest BCUT2D eigenvalue weighted by Crippen LogP contribution is -2.46. The molecule has 12 heteroatoms. The molecule has 11 nitrogen and oxygen atoms in total. The number of carboxylic acid groups (broad SMARTS) is 1. The average molecular weight is 506 g/mol. The largest absolute Gasteiger partial charge is 0.477 e. The Balaban J connectivity index is 1.22. The van der Waals surface area contributed by atoms with Crippen LogP contribution >= 0.6 is 0 Å². The van der Waals surface area contributed by atoms with Gasteiger partial charge in [-0.25, -0.2) is 14.2 Å². The number of benzene rings is 2. The highest BCUT2D eigenvalue weighted by Gasteiger charge is 2.28. The fraction of sp³-hybridized carbons (Fsp3) is 0.320. The number of anilines is 1. The number of aromatic carboxylic acids is 1. The molecule has 37 heavy (non-hydrogen) atoms. The van der Waals surface area contributed by atoms with E-state index in [1.807, 2.05) is 4.90 Å². The molecule has 2 aliphatic rings. The summed E-state index contributed by atoms with van der Waals surface area (Å²) in [4.78, 5) is 46.6. The van der Waals surface area contributed by atoms with E-state index in [0.29, 0.717) is 60.8 Å². The van der Waals surface area contributed by atoms with Crippen molar-refractivity contribution in [3.63, 3.8) is 0 Å². The number of piperazine rings is 1. The van der Waals surface area contributed by atoms with Crippen molar-refractivity contribution in [1.82, 2.24) is 19.4 Å². The van der Waals surface area contributed by atoms with Crippen LogP contribution in [0.2, 0.25) is 0 Å². The Morgan fingerprint density at radius 1 is 1.19 bits per heavy atom. The van der Waals surface area contributed by atoms with Crippen LogP contribution in [0, 0.1) is 15.9 Å². The number of hydrogen-bond donors (Lipinski definition) is 2. The summed E-state index contributed by atoms with van der Waals surface area (Å²) in [5.41, 5.74) is 1.18. The molecule has 4 aromatic rings. The summed E-state index contributed by atoms with van der Waals surface area (Å²) in [6.07, 6.45) is 3.15. The lowest BCUT2D eigenvalue weighted by molar-refractivity contribution is -0.384. The van der Waals surface area contributed by atoms with Crippen LogP contribution in [0.1, 0.15) is 35.1 Å². The second kappa shape index (κ2) is 8.66. The Morgan fingerprint density at radius 3 is 2.62 bits per heavy atom. The van der Waals surface area contributed by atoms with Gasteiger partial charge in [0.05, 0.1) is 33.7 Å². The van der Waals surface area contributed by atoms with Crippen LogP contribution in [0.25, 0.3) is 21.9 Å². The van der Waals surface area contributed by atoms with Crippen molar-refractivity contribution in [2.75, 3.05) is 31.1 Å². The number of nitro groups is 1. The van der Waals surface area contributed by atoms with Gasteiger partial charge in [0.25, 0.3) is 5.69 Å². The van der Waals surface area contributed by atoms with Gasteiger partial charge in [0, 0.05) is 55.9 Å². The Hall–Kier alpha value is -4.32. The molecule has 0 unspecified atom stereocenters. The Morgan fingerprint density at radius 2 is 1.95 bits per heavy atom. The van der Waals surface area contributed by atoms with Crippen molar-refractivity contribution in [3.8, 4) is 0 Å². The zero-order valence-electron chi connectivity index (χ0n) is 19.7. The zero-order valence-corrected chi connectivity index (χ0v) is 19.7. The number of nitrogens with one attached hydrogen (secondary N) is 1. The maximum atomic E-state index is 15.2. The van der Waals surface area contributed by atoms with E-state index < -0.39 is 22.1 Å². The summed E-state index contributed by atoms with van der Waals surface area (Å²) in [5.74, 6) is -1.17. The van der Waals surface area contributed by atoms with Crippen LogP contribution in [0.3, 0.4) is 0 Å². The number of nitrogens with zero attached hydrogens (tertiary/aromatic N) is 5. The summed E-state index contributed by atoms with van der Waals surface area (Å²) in [6, 6.07) is 7.45. The second-order valence-corrected chi connectivity index (χ2v) is 9.54. The smallest absolute Gasteiger partial charge is 0.341 e. The normalized spacial score (nSPS) is 16.5. The van der Waals surface area contributed by atoms with Gasteiger partial charge in [0.1, 0.15) is 17.2 Å². The van der Waals surface area contributed by atoms with Gasteiger partial charge in [-0.15, -0.1) is 0 Å². The number of carbonyl (C=O) groups is 1. The van der Waals surface area contributed by atoms with E-state index in [9.17, 15) is 24.8 Å². The Labute approximate surface area is 208 Å². The summed E-state index contributed by atoms with van der Waals surface area (Å²) in [5, 5.41) is 20.5. The first kappa shape index (κ1) is 23.1. The highest BCUT2D eigenvalue weighted by atomic mass is 19.1. The third kappa shape index (κ3) is 4.18. The third-order valence-corrected chi connectivity index (χ3v) is 7.08. The van der Waals surface area contributed by atoms with Crippen LogP contribution in [-0.2, 0) is 6.54 Å².